The second-order valence-electron chi connectivity index (χ2n) is 6.31. The number of fused-ring (bicyclic) bond motifs is 1. The van der Waals surface area contributed by atoms with Crippen LogP contribution in [-0.4, -0.2) is 26.6 Å². The number of nitrogens with one attached hydrogen (secondary N) is 1. The van der Waals surface area contributed by atoms with Crippen LogP contribution in [0.5, 0.6) is 5.75 Å². The molecule has 2 heterocycles. The van der Waals surface area contributed by atoms with Crippen molar-refractivity contribution in [3.63, 3.8) is 0 Å². The van der Waals surface area contributed by atoms with Gasteiger partial charge in [0.05, 0.1) is 17.3 Å². The van der Waals surface area contributed by atoms with E-state index in [0.29, 0.717) is 17.1 Å². The number of benzene rings is 2. The van der Waals surface area contributed by atoms with E-state index in [2.05, 4.69) is 10.4 Å². The van der Waals surface area contributed by atoms with Crippen molar-refractivity contribution in [3.8, 4) is 11.4 Å². The molecular weight excluding hydrogens is 330 g/mol. The molecule has 2 aromatic carbocycles. The van der Waals surface area contributed by atoms with Gasteiger partial charge in [0.2, 0.25) is 5.91 Å². The molecule has 1 aromatic heterocycles. The number of amides is 1. The SMILES string of the molecule is Cc1nn(-c2ccccc2)c2c1C(C(=O)c1ccc(O)cc1)CC(=O)N2. The molecule has 0 aliphatic carbocycles. The van der Waals surface area contributed by atoms with E-state index in [4.69, 9.17) is 0 Å². The number of aromatic hydroxyl groups is 1. The van der Waals surface area contributed by atoms with Crippen molar-refractivity contribution in [2.24, 2.45) is 0 Å². The number of Topliss-reactive ketones (excluding diaryl/α,β-unsaturated/α-hetero) is 1. The molecule has 0 spiro atoms. The average Bonchev–Trinajstić information content (AvgIpc) is 2.98. The van der Waals surface area contributed by atoms with Gasteiger partial charge < -0.3 is 10.4 Å². The highest BCUT2D eigenvalue weighted by Crippen LogP contribution is 2.38. The molecule has 0 radical (unpaired) electrons. The predicted octanol–water partition coefficient (Wildman–Crippen LogP) is 3.20. The zero-order valence-electron chi connectivity index (χ0n) is 14.1. The Morgan fingerprint density at radius 3 is 2.54 bits per heavy atom. The molecule has 0 saturated carbocycles. The average molecular weight is 347 g/mol. The first-order chi connectivity index (χ1) is 12.5. The standard InChI is InChI=1S/C20H17N3O3/c1-12-18-16(19(26)13-7-9-15(24)10-8-13)11-17(25)21-20(18)23(22-12)14-5-3-2-4-6-14/h2-10,16,24H,11H2,1H3,(H,21,25). The number of anilines is 1. The quantitative estimate of drug-likeness (QED) is 0.713. The van der Waals surface area contributed by atoms with Crippen molar-refractivity contribution in [2.75, 3.05) is 5.32 Å². The maximum absolute atomic E-state index is 13.0. The smallest absolute Gasteiger partial charge is 0.226 e. The van der Waals surface area contributed by atoms with E-state index in [1.54, 1.807) is 16.8 Å². The van der Waals surface area contributed by atoms with Gasteiger partial charge in [-0.2, -0.15) is 5.10 Å². The Labute approximate surface area is 150 Å². The minimum Gasteiger partial charge on any atom is -0.508 e. The summed E-state index contributed by atoms with van der Waals surface area (Å²) < 4.78 is 1.67. The molecule has 2 N–H and O–H groups in total. The summed E-state index contributed by atoms with van der Waals surface area (Å²) in [6, 6.07) is 15.6. The number of nitrogens with zero attached hydrogens (tertiary/aromatic N) is 2. The molecule has 4 rings (SSSR count). The second-order valence-corrected chi connectivity index (χ2v) is 6.31. The number of rotatable bonds is 3. The lowest BCUT2D eigenvalue weighted by Gasteiger charge is -2.23. The minimum absolute atomic E-state index is 0.0774. The van der Waals surface area contributed by atoms with Gasteiger partial charge in [-0.05, 0) is 43.3 Å². The van der Waals surface area contributed by atoms with Crippen molar-refractivity contribution < 1.29 is 14.7 Å². The lowest BCUT2D eigenvalue weighted by atomic mass is 9.85. The molecule has 1 unspecified atom stereocenters. The molecule has 1 amide bonds. The number of carbonyl (C=O) groups excluding carboxylic acids is 2. The Morgan fingerprint density at radius 2 is 1.85 bits per heavy atom. The highest BCUT2D eigenvalue weighted by Gasteiger charge is 2.36. The van der Waals surface area contributed by atoms with Crippen molar-refractivity contribution in [1.82, 2.24) is 9.78 Å². The van der Waals surface area contributed by atoms with E-state index in [0.717, 1.165) is 11.3 Å². The van der Waals surface area contributed by atoms with Crippen LogP contribution in [0.25, 0.3) is 5.69 Å². The van der Waals surface area contributed by atoms with Crippen LogP contribution < -0.4 is 5.32 Å². The van der Waals surface area contributed by atoms with Crippen LogP contribution in [0.3, 0.4) is 0 Å². The molecule has 130 valence electrons. The van der Waals surface area contributed by atoms with Crippen LogP contribution in [0.4, 0.5) is 5.82 Å². The number of hydrogen-bond donors (Lipinski definition) is 2. The highest BCUT2D eigenvalue weighted by atomic mass is 16.3. The summed E-state index contributed by atoms with van der Waals surface area (Å²) in [5.41, 5.74) is 2.72. The van der Waals surface area contributed by atoms with Gasteiger partial charge in [-0.3, -0.25) is 9.59 Å². The number of ketones is 1. The third-order valence-electron chi connectivity index (χ3n) is 4.57. The van der Waals surface area contributed by atoms with E-state index in [1.165, 1.54) is 12.1 Å². The largest absolute Gasteiger partial charge is 0.508 e. The molecule has 1 atom stereocenters. The van der Waals surface area contributed by atoms with Crippen LogP contribution in [0.1, 0.15) is 34.0 Å². The van der Waals surface area contributed by atoms with E-state index >= 15 is 0 Å². The van der Waals surface area contributed by atoms with Gasteiger partial charge in [0.1, 0.15) is 11.6 Å². The lowest BCUT2D eigenvalue weighted by molar-refractivity contribution is -0.116. The second kappa shape index (κ2) is 6.15. The Bertz CT molecular complexity index is 991. The third kappa shape index (κ3) is 2.65. The molecule has 1 aliphatic heterocycles. The zero-order chi connectivity index (χ0) is 18.3. The Balaban J connectivity index is 1.81. The van der Waals surface area contributed by atoms with E-state index in [-0.39, 0.29) is 23.9 Å². The van der Waals surface area contributed by atoms with E-state index in [1.807, 2.05) is 37.3 Å². The first-order valence-electron chi connectivity index (χ1n) is 8.32. The Morgan fingerprint density at radius 1 is 1.15 bits per heavy atom. The predicted molar refractivity (Wildman–Crippen MR) is 96.7 cm³/mol. The Hall–Kier alpha value is -3.41. The molecule has 26 heavy (non-hydrogen) atoms. The fourth-order valence-electron chi connectivity index (χ4n) is 3.35. The number of phenols is 1. The van der Waals surface area contributed by atoms with E-state index in [9.17, 15) is 14.7 Å². The zero-order valence-corrected chi connectivity index (χ0v) is 14.1. The lowest BCUT2D eigenvalue weighted by Crippen LogP contribution is -2.28. The number of aromatic nitrogens is 2. The fourth-order valence-corrected chi connectivity index (χ4v) is 3.35. The van der Waals surface area contributed by atoms with E-state index < -0.39 is 5.92 Å². The van der Waals surface area contributed by atoms with Crippen LogP contribution in [0.15, 0.2) is 54.6 Å². The normalized spacial score (nSPS) is 16.0. The summed E-state index contributed by atoms with van der Waals surface area (Å²) in [5.74, 6) is -0.331. The van der Waals surface area contributed by atoms with Crippen LogP contribution >= 0.6 is 0 Å². The molecule has 0 saturated heterocycles. The first kappa shape index (κ1) is 16.1. The number of phenolic OH excluding ortho intramolecular Hbond substituents is 1. The summed E-state index contributed by atoms with van der Waals surface area (Å²) in [5, 5.41) is 16.8. The van der Waals surface area contributed by atoms with Gasteiger partial charge in [0, 0.05) is 17.5 Å². The van der Waals surface area contributed by atoms with Crippen molar-refractivity contribution in [3.05, 3.63) is 71.4 Å². The molecule has 0 fully saturated rings. The Kier molecular flexibility index (Phi) is 3.80. The summed E-state index contributed by atoms with van der Waals surface area (Å²) in [6.07, 6.45) is 0.0774. The monoisotopic (exact) mass is 347 g/mol. The van der Waals surface area contributed by atoms with Gasteiger partial charge in [-0.1, -0.05) is 18.2 Å². The summed E-state index contributed by atoms with van der Waals surface area (Å²) in [7, 11) is 0. The number of hydrogen-bond acceptors (Lipinski definition) is 4. The third-order valence-corrected chi connectivity index (χ3v) is 4.57. The van der Waals surface area contributed by atoms with Gasteiger partial charge >= 0.3 is 0 Å². The molecule has 3 aromatic rings. The number of para-hydroxylation sites is 1. The molecule has 6 nitrogen and oxygen atoms in total. The van der Waals surface area contributed by atoms with Crippen molar-refractivity contribution in [1.29, 1.82) is 0 Å². The molecule has 0 bridgehead atoms. The van der Waals surface area contributed by atoms with Crippen molar-refractivity contribution in [2.45, 2.75) is 19.3 Å². The van der Waals surface area contributed by atoms with Gasteiger partial charge in [0.25, 0.3) is 0 Å². The van der Waals surface area contributed by atoms with Crippen LogP contribution in [-0.2, 0) is 4.79 Å². The minimum atomic E-state index is -0.597. The molecular formula is C20H17N3O3. The number of aryl methyl sites for hydroxylation is 1. The van der Waals surface area contributed by atoms with Gasteiger partial charge in [-0.25, -0.2) is 4.68 Å². The van der Waals surface area contributed by atoms with Crippen LogP contribution in [0.2, 0.25) is 0 Å². The maximum atomic E-state index is 13.0. The summed E-state index contributed by atoms with van der Waals surface area (Å²) >= 11 is 0. The van der Waals surface area contributed by atoms with Gasteiger partial charge in [0.15, 0.2) is 5.78 Å². The first-order valence-corrected chi connectivity index (χ1v) is 8.32. The van der Waals surface area contributed by atoms with Gasteiger partial charge in [-0.15, -0.1) is 0 Å². The van der Waals surface area contributed by atoms with Crippen LogP contribution in [0, 0.1) is 6.92 Å². The summed E-state index contributed by atoms with van der Waals surface area (Å²) in [6.45, 7) is 1.84. The molecule has 1 aliphatic rings. The topological polar surface area (TPSA) is 84.2 Å². The number of carbonyl (C=O) groups is 2. The maximum Gasteiger partial charge on any atom is 0.226 e. The summed E-state index contributed by atoms with van der Waals surface area (Å²) in [4.78, 5) is 25.3. The molecule has 6 heteroatoms. The fraction of sp³-hybridized carbons (Fsp3) is 0.150. The van der Waals surface area contributed by atoms with Crippen molar-refractivity contribution >= 4 is 17.5 Å². The highest BCUT2D eigenvalue weighted by molar-refractivity contribution is 6.08.